The van der Waals surface area contributed by atoms with Crippen molar-refractivity contribution in [2.75, 3.05) is 0 Å². The Morgan fingerprint density at radius 1 is 1.50 bits per heavy atom. The molecular weight excluding hydrogens is 196 g/mol. The van der Waals surface area contributed by atoms with Gasteiger partial charge in [-0.3, -0.25) is 0 Å². The lowest BCUT2D eigenvalue weighted by Crippen LogP contribution is -2.00. The summed E-state index contributed by atoms with van der Waals surface area (Å²) in [5.41, 5.74) is 1.91. The summed E-state index contributed by atoms with van der Waals surface area (Å²) in [5, 5.41) is 7.81. The Balaban J connectivity index is 2.54. The Morgan fingerprint density at radius 3 is 3.07 bits per heavy atom. The van der Waals surface area contributed by atoms with Gasteiger partial charge >= 0.3 is 0 Å². The van der Waals surface area contributed by atoms with Crippen LogP contribution in [0.25, 0.3) is 11.4 Å². The minimum Gasteiger partial charge on any atom is -0.345 e. The monoisotopic (exact) mass is 206 g/mol. The van der Waals surface area contributed by atoms with Gasteiger partial charge in [-0.15, -0.1) is 5.10 Å². The summed E-state index contributed by atoms with van der Waals surface area (Å²) in [6.07, 6.45) is 1.73. The first-order valence-electron chi connectivity index (χ1n) is 4.39. The summed E-state index contributed by atoms with van der Waals surface area (Å²) in [6.45, 7) is 2.82. The smallest absolute Gasteiger partial charge is 0.105 e. The van der Waals surface area contributed by atoms with Crippen LogP contribution in [0.1, 0.15) is 6.92 Å². The van der Waals surface area contributed by atoms with Gasteiger partial charge in [0.25, 0.3) is 0 Å². The third-order valence-electron chi connectivity index (χ3n) is 1.96. The third kappa shape index (κ3) is 1.58. The molecule has 2 rings (SSSR count). The molecule has 0 saturated heterocycles. The van der Waals surface area contributed by atoms with Crippen LogP contribution in [0, 0.1) is 4.64 Å². The molecule has 0 radical (unpaired) electrons. The van der Waals surface area contributed by atoms with Crippen LogP contribution in [0.4, 0.5) is 0 Å². The maximum Gasteiger partial charge on any atom is 0.105 e. The molecule has 0 aliphatic rings. The highest BCUT2D eigenvalue weighted by Gasteiger charge is 2.04. The molecule has 0 amide bonds. The minimum absolute atomic E-state index is 0.714. The Morgan fingerprint density at radius 2 is 2.36 bits per heavy atom. The predicted molar refractivity (Wildman–Crippen MR) is 56.3 cm³/mol. The van der Waals surface area contributed by atoms with E-state index < -0.39 is 0 Å². The number of aryl methyl sites for hydroxylation is 1. The first-order valence-corrected chi connectivity index (χ1v) is 4.80. The highest BCUT2D eigenvalue weighted by Crippen LogP contribution is 2.14. The number of aromatic amines is 1. The summed E-state index contributed by atoms with van der Waals surface area (Å²) in [6, 6.07) is 5.72. The van der Waals surface area contributed by atoms with E-state index in [9.17, 15) is 0 Å². The predicted octanol–water partition coefficient (Wildman–Crippen LogP) is 2.02. The average Bonchev–Trinajstić information content (AvgIpc) is 2.65. The third-order valence-corrected chi connectivity index (χ3v) is 2.20. The normalized spacial score (nSPS) is 10.4. The van der Waals surface area contributed by atoms with E-state index in [1.807, 2.05) is 29.8 Å². The summed E-state index contributed by atoms with van der Waals surface area (Å²) in [4.78, 5) is 3.10. The largest absolute Gasteiger partial charge is 0.345 e. The molecule has 4 nitrogen and oxygen atoms in total. The first-order chi connectivity index (χ1) is 6.81. The van der Waals surface area contributed by atoms with E-state index in [4.69, 9.17) is 12.2 Å². The lowest BCUT2D eigenvalue weighted by Gasteiger charge is -2.02. The van der Waals surface area contributed by atoms with E-state index in [2.05, 4.69) is 15.3 Å². The number of hydrogen-bond acceptors (Lipinski definition) is 3. The number of H-pyrrole nitrogens is 1. The van der Waals surface area contributed by atoms with Crippen molar-refractivity contribution in [1.29, 1.82) is 0 Å². The van der Waals surface area contributed by atoms with Crippen LogP contribution in [0.15, 0.2) is 24.4 Å². The Kier molecular flexibility index (Phi) is 2.41. The van der Waals surface area contributed by atoms with Crippen molar-refractivity contribution >= 4 is 12.2 Å². The number of nitrogens with zero attached hydrogens (tertiary/aromatic N) is 3. The van der Waals surface area contributed by atoms with E-state index in [0.29, 0.717) is 4.64 Å². The Labute approximate surface area is 86.6 Å². The summed E-state index contributed by atoms with van der Waals surface area (Å²) >= 11 is 5.05. The molecular formula is C9H10N4S. The second-order valence-corrected chi connectivity index (χ2v) is 3.30. The highest BCUT2D eigenvalue weighted by atomic mass is 32.1. The zero-order chi connectivity index (χ0) is 9.97. The van der Waals surface area contributed by atoms with Gasteiger partial charge in [0.1, 0.15) is 10.3 Å². The van der Waals surface area contributed by atoms with E-state index >= 15 is 0 Å². The van der Waals surface area contributed by atoms with E-state index in [0.717, 1.165) is 17.9 Å². The fraction of sp³-hybridized carbons (Fsp3) is 0.222. The fourth-order valence-corrected chi connectivity index (χ4v) is 1.49. The molecule has 0 saturated carbocycles. The molecule has 0 aliphatic heterocycles. The lowest BCUT2D eigenvalue weighted by atomic mass is 10.3. The molecule has 2 aromatic rings. The highest BCUT2D eigenvalue weighted by molar-refractivity contribution is 7.71. The van der Waals surface area contributed by atoms with Gasteiger partial charge in [-0.2, -0.15) is 0 Å². The van der Waals surface area contributed by atoms with Gasteiger partial charge in [0.2, 0.25) is 0 Å². The Hall–Kier alpha value is -1.49. The molecule has 1 N–H and O–H groups in total. The van der Waals surface area contributed by atoms with Gasteiger partial charge in [0.05, 0.1) is 11.9 Å². The molecule has 0 fully saturated rings. The molecule has 2 aromatic heterocycles. The van der Waals surface area contributed by atoms with Gasteiger partial charge in [-0.05, 0) is 19.1 Å². The standard InChI is InChI=1S/C9H10N4S/c1-2-13-8(6-10-12-13)7-4-3-5-9(14)11-7/h3-6H,2H2,1H3,(H,11,14). The van der Waals surface area contributed by atoms with Gasteiger partial charge in [0.15, 0.2) is 0 Å². The van der Waals surface area contributed by atoms with Gasteiger partial charge in [-0.1, -0.05) is 23.5 Å². The van der Waals surface area contributed by atoms with Crippen LogP contribution in [-0.2, 0) is 6.54 Å². The second-order valence-electron chi connectivity index (χ2n) is 2.86. The molecule has 5 heteroatoms. The van der Waals surface area contributed by atoms with Crippen molar-refractivity contribution in [1.82, 2.24) is 20.0 Å². The Bertz CT molecular complexity index is 485. The molecule has 0 aliphatic carbocycles. The van der Waals surface area contributed by atoms with Crippen molar-refractivity contribution in [3.8, 4) is 11.4 Å². The number of pyridine rings is 1. The first kappa shape index (κ1) is 9.08. The maximum atomic E-state index is 5.05. The average molecular weight is 206 g/mol. The molecule has 2 heterocycles. The number of hydrogen-bond donors (Lipinski definition) is 1. The van der Waals surface area contributed by atoms with Gasteiger partial charge in [-0.25, -0.2) is 4.68 Å². The molecule has 0 bridgehead atoms. The molecule has 72 valence electrons. The van der Waals surface area contributed by atoms with Gasteiger partial charge in [0, 0.05) is 6.54 Å². The van der Waals surface area contributed by atoms with Crippen molar-refractivity contribution in [3.05, 3.63) is 29.0 Å². The van der Waals surface area contributed by atoms with Crippen LogP contribution in [0.5, 0.6) is 0 Å². The SMILES string of the molecule is CCn1nncc1-c1cccc(=S)[nH]1. The van der Waals surface area contributed by atoms with Crippen molar-refractivity contribution < 1.29 is 0 Å². The zero-order valence-electron chi connectivity index (χ0n) is 7.77. The fourth-order valence-electron chi connectivity index (χ4n) is 1.30. The lowest BCUT2D eigenvalue weighted by molar-refractivity contribution is 0.631. The summed E-state index contributed by atoms with van der Waals surface area (Å²) < 4.78 is 2.53. The molecule has 0 aromatic carbocycles. The van der Waals surface area contributed by atoms with Crippen molar-refractivity contribution in [2.24, 2.45) is 0 Å². The summed E-state index contributed by atoms with van der Waals surface area (Å²) in [7, 11) is 0. The molecule has 14 heavy (non-hydrogen) atoms. The van der Waals surface area contributed by atoms with E-state index in [-0.39, 0.29) is 0 Å². The number of nitrogens with one attached hydrogen (secondary N) is 1. The second kappa shape index (κ2) is 3.71. The van der Waals surface area contributed by atoms with Gasteiger partial charge < -0.3 is 4.98 Å². The van der Waals surface area contributed by atoms with E-state index in [1.54, 1.807) is 6.20 Å². The topological polar surface area (TPSA) is 46.5 Å². The van der Waals surface area contributed by atoms with Crippen LogP contribution < -0.4 is 0 Å². The molecule has 0 spiro atoms. The van der Waals surface area contributed by atoms with Crippen molar-refractivity contribution in [2.45, 2.75) is 13.5 Å². The number of rotatable bonds is 2. The van der Waals surface area contributed by atoms with E-state index in [1.165, 1.54) is 0 Å². The van der Waals surface area contributed by atoms with Crippen LogP contribution in [0.3, 0.4) is 0 Å². The van der Waals surface area contributed by atoms with Crippen LogP contribution >= 0.6 is 12.2 Å². The van der Waals surface area contributed by atoms with Crippen LogP contribution in [-0.4, -0.2) is 20.0 Å². The molecule has 0 unspecified atom stereocenters. The molecule has 0 atom stereocenters. The number of aromatic nitrogens is 4. The van der Waals surface area contributed by atoms with Crippen LogP contribution in [0.2, 0.25) is 0 Å². The van der Waals surface area contributed by atoms with Crippen molar-refractivity contribution in [3.63, 3.8) is 0 Å². The quantitative estimate of drug-likeness (QED) is 0.765. The zero-order valence-corrected chi connectivity index (χ0v) is 8.58. The summed E-state index contributed by atoms with van der Waals surface area (Å²) in [5.74, 6) is 0. The minimum atomic E-state index is 0.714. The maximum absolute atomic E-state index is 5.05.